The van der Waals surface area contributed by atoms with Crippen molar-refractivity contribution in [3.63, 3.8) is 0 Å². The molecule has 0 radical (unpaired) electrons. The van der Waals surface area contributed by atoms with Gasteiger partial charge < -0.3 is 9.64 Å². The number of carbonyl (C=O) groups is 1. The van der Waals surface area contributed by atoms with Crippen LogP contribution >= 0.6 is 11.6 Å². The highest BCUT2D eigenvalue weighted by Crippen LogP contribution is 2.63. The SMILES string of the molecule is CCOC(=O)c1ccc(N2CCN(CC3=C(c4ccc(Cl)cc4)[C@@H]4C[C@H](C3)C4(C)C)CC2)cc1. The highest BCUT2D eigenvalue weighted by molar-refractivity contribution is 6.30. The fraction of sp³-hybridized carbons (Fsp3) is 0.483. The van der Waals surface area contributed by atoms with Gasteiger partial charge in [-0.05, 0) is 84.6 Å². The first kappa shape index (κ1) is 23.4. The number of benzene rings is 2. The van der Waals surface area contributed by atoms with Gasteiger partial charge in [0.15, 0.2) is 0 Å². The molecule has 1 aliphatic heterocycles. The number of nitrogens with zero attached hydrogens (tertiary/aromatic N) is 2. The van der Waals surface area contributed by atoms with Crippen molar-refractivity contribution in [2.24, 2.45) is 17.3 Å². The zero-order chi connectivity index (χ0) is 23.9. The van der Waals surface area contributed by atoms with Crippen molar-refractivity contribution in [1.82, 2.24) is 4.90 Å². The van der Waals surface area contributed by atoms with E-state index in [0.29, 0.717) is 23.5 Å². The second kappa shape index (κ2) is 9.39. The second-order valence-corrected chi connectivity index (χ2v) is 11.0. The monoisotopic (exact) mass is 478 g/mol. The van der Waals surface area contributed by atoms with Crippen LogP contribution in [-0.4, -0.2) is 50.2 Å². The van der Waals surface area contributed by atoms with Crippen LogP contribution in [0.4, 0.5) is 5.69 Å². The van der Waals surface area contributed by atoms with Gasteiger partial charge in [-0.2, -0.15) is 0 Å². The number of allylic oxidation sites excluding steroid dienone is 1. The summed E-state index contributed by atoms with van der Waals surface area (Å²) in [6.07, 6.45) is 2.54. The maximum atomic E-state index is 11.9. The number of ether oxygens (including phenoxy) is 1. The van der Waals surface area contributed by atoms with Crippen molar-refractivity contribution in [3.8, 4) is 0 Å². The highest BCUT2D eigenvalue weighted by Gasteiger charge is 2.53. The molecule has 4 aliphatic rings. The Kier molecular flexibility index (Phi) is 6.47. The first-order valence-corrected chi connectivity index (χ1v) is 13.0. The molecule has 6 rings (SSSR count). The molecular weight excluding hydrogens is 444 g/mol. The minimum atomic E-state index is -0.252. The topological polar surface area (TPSA) is 32.8 Å². The van der Waals surface area contributed by atoms with Crippen LogP contribution in [0.5, 0.6) is 0 Å². The van der Waals surface area contributed by atoms with E-state index < -0.39 is 0 Å². The smallest absolute Gasteiger partial charge is 0.338 e. The number of fused-ring (bicyclic) bond motifs is 1. The van der Waals surface area contributed by atoms with E-state index in [1.807, 2.05) is 43.3 Å². The highest BCUT2D eigenvalue weighted by atomic mass is 35.5. The zero-order valence-electron chi connectivity index (χ0n) is 20.5. The van der Waals surface area contributed by atoms with Crippen molar-refractivity contribution in [2.75, 3.05) is 44.2 Å². The lowest BCUT2D eigenvalue weighted by molar-refractivity contribution is 0.00556. The minimum absolute atomic E-state index is 0.252. The average Bonchev–Trinajstić information content (AvgIpc) is 2.85. The van der Waals surface area contributed by atoms with Gasteiger partial charge in [0.25, 0.3) is 0 Å². The standard InChI is InChI=1S/C29H35ClN2O2/c1-4-34-28(33)21-7-11-25(12-8-21)32-15-13-31(14-16-32)19-22-17-23-18-26(29(23,2)3)27(22)20-5-9-24(30)10-6-20/h5-12,23,26H,4,13-19H2,1-3H3/t23-,26-/m0/s1. The van der Waals surface area contributed by atoms with E-state index in [1.165, 1.54) is 24.1 Å². The fourth-order valence-corrected chi connectivity index (χ4v) is 6.27. The Bertz CT molecular complexity index is 1070. The quantitative estimate of drug-likeness (QED) is 0.465. The van der Waals surface area contributed by atoms with E-state index in [1.54, 1.807) is 11.1 Å². The number of hydrogen-bond donors (Lipinski definition) is 0. The molecule has 2 aromatic rings. The van der Waals surface area contributed by atoms with Crippen LogP contribution in [-0.2, 0) is 4.74 Å². The maximum Gasteiger partial charge on any atom is 0.338 e. The molecule has 180 valence electrons. The van der Waals surface area contributed by atoms with E-state index in [-0.39, 0.29) is 5.97 Å². The van der Waals surface area contributed by atoms with Crippen LogP contribution < -0.4 is 4.90 Å². The summed E-state index contributed by atoms with van der Waals surface area (Å²) < 4.78 is 5.10. The largest absolute Gasteiger partial charge is 0.462 e. The molecule has 2 aromatic carbocycles. The molecule has 0 spiro atoms. The van der Waals surface area contributed by atoms with Crippen LogP contribution in [0.25, 0.3) is 5.57 Å². The molecule has 1 saturated carbocycles. The summed E-state index contributed by atoms with van der Waals surface area (Å²) in [7, 11) is 0. The summed E-state index contributed by atoms with van der Waals surface area (Å²) in [5.41, 5.74) is 6.76. The number of hydrogen-bond acceptors (Lipinski definition) is 4. The lowest BCUT2D eigenvalue weighted by Crippen LogP contribution is -2.51. The fourth-order valence-electron chi connectivity index (χ4n) is 6.15. The van der Waals surface area contributed by atoms with Crippen LogP contribution in [0.2, 0.25) is 5.02 Å². The van der Waals surface area contributed by atoms with Gasteiger partial charge in [0.05, 0.1) is 12.2 Å². The van der Waals surface area contributed by atoms with Crippen molar-refractivity contribution in [2.45, 2.75) is 33.6 Å². The van der Waals surface area contributed by atoms with E-state index in [2.05, 4.69) is 35.8 Å². The first-order valence-electron chi connectivity index (χ1n) is 12.6. The van der Waals surface area contributed by atoms with E-state index in [9.17, 15) is 4.79 Å². The van der Waals surface area contributed by atoms with E-state index in [4.69, 9.17) is 16.3 Å². The predicted octanol–water partition coefficient (Wildman–Crippen LogP) is 6.16. The van der Waals surface area contributed by atoms with Crippen molar-refractivity contribution in [3.05, 3.63) is 70.3 Å². The number of anilines is 1. The van der Waals surface area contributed by atoms with Crippen LogP contribution in [0.3, 0.4) is 0 Å². The molecule has 2 fully saturated rings. The molecule has 2 bridgehead atoms. The molecule has 0 unspecified atom stereocenters. The molecule has 2 atom stereocenters. The van der Waals surface area contributed by atoms with Crippen LogP contribution in [0, 0.1) is 17.3 Å². The van der Waals surface area contributed by atoms with Crippen molar-refractivity contribution < 1.29 is 9.53 Å². The lowest BCUT2D eigenvalue weighted by atomic mass is 9.46. The molecule has 0 aromatic heterocycles. The van der Waals surface area contributed by atoms with Gasteiger partial charge in [0.1, 0.15) is 0 Å². The predicted molar refractivity (Wildman–Crippen MR) is 139 cm³/mol. The summed E-state index contributed by atoms with van der Waals surface area (Å²) in [6, 6.07) is 16.3. The molecule has 0 amide bonds. The van der Waals surface area contributed by atoms with Gasteiger partial charge in [-0.25, -0.2) is 4.79 Å². The van der Waals surface area contributed by atoms with Crippen molar-refractivity contribution >= 4 is 28.8 Å². The van der Waals surface area contributed by atoms with E-state index >= 15 is 0 Å². The Balaban J connectivity index is 1.27. The number of esters is 1. The van der Waals surface area contributed by atoms with Crippen molar-refractivity contribution in [1.29, 1.82) is 0 Å². The Morgan fingerprint density at radius 3 is 2.32 bits per heavy atom. The molecule has 4 nitrogen and oxygen atoms in total. The molecule has 1 saturated heterocycles. The van der Waals surface area contributed by atoms with Gasteiger partial charge in [0.2, 0.25) is 0 Å². The summed E-state index contributed by atoms with van der Waals surface area (Å²) in [5.74, 6) is 1.21. The van der Waals surface area contributed by atoms with Crippen LogP contribution in [0.15, 0.2) is 54.1 Å². The molecule has 0 N–H and O–H groups in total. The Labute approximate surface area is 208 Å². The molecular formula is C29H35ClN2O2. The summed E-state index contributed by atoms with van der Waals surface area (Å²) >= 11 is 6.20. The number of halogens is 1. The number of rotatable bonds is 6. The van der Waals surface area contributed by atoms with Gasteiger partial charge in [-0.3, -0.25) is 4.90 Å². The van der Waals surface area contributed by atoms with Crippen LogP contribution in [0.1, 0.15) is 49.5 Å². The normalized spacial score (nSPS) is 24.1. The number of carbonyl (C=O) groups excluding carboxylic acids is 1. The van der Waals surface area contributed by atoms with E-state index in [0.717, 1.165) is 43.7 Å². The summed E-state index contributed by atoms with van der Waals surface area (Å²) in [6.45, 7) is 12.3. The third kappa shape index (κ3) is 4.38. The van der Waals surface area contributed by atoms with Gasteiger partial charge in [-0.1, -0.05) is 43.2 Å². The Morgan fingerprint density at radius 1 is 1.03 bits per heavy atom. The average molecular weight is 479 g/mol. The first-order chi connectivity index (χ1) is 16.4. The maximum absolute atomic E-state index is 11.9. The third-order valence-corrected chi connectivity index (χ3v) is 8.63. The Hall–Kier alpha value is -2.30. The lowest BCUT2D eigenvalue weighted by Gasteiger charge is -2.58. The number of piperazine rings is 1. The van der Waals surface area contributed by atoms with Gasteiger partial charge >= 0.3 is 5.97 Å². The van der Waals surface area contributed by atoms with Gasteiger partial charge in [0, 0.05) is 43.4 Å². The molecule has 1 heterocycles. The summed E-state index contributed by atoms with van der Waals surface area (Å²) in [4.78, 5) is 17.0. The molecule has 3 aliphatic carbocycles. The second-order valence-electron chi connectivity index (χ2n) is 10.6. The summed E-state index contributed by atoms with van der Waals surface area (Å²) in [5, 5.41) is 0.805. The third-order valence-electron chi connectivity index (χ3n) is 8.38. The molecule has 34 heavy (non-hydrogen) atoms. The molecule has 5 heteroatoms. The Morgan fingerprint density at radius 2 is 1.71 bits per heavy atom. The minimum Gasteiger partial charge on any atom is -0.462 e. The zero-order valence-corrected chi connectivity index (χ0v) is 21.3. The van der Waals surface area contributed by atoms with Gasteiger partial charge in [-0.15, -0.1) is 0 Å².